The Hall–Kier alpha value is -3.74. The molecule has 2 aliphatic rings. The van der Waals surface area contributed by atoms with Crippen LogP contribution < -0.4 is 10.6 Å². The minimum Gasteiger partial charge on any atom is -0.384 e. The molecule has 0 spiro atoms. The molecule has 0 amide bonds. The largest absolute Gasteiger partial charge is 0.384 e. The van der Waals surface area contributed by atoms with E-state index in [1.54, 1.807) is 17.0 Å². The molecule has 0 radical (unpaired) electrons. The number of hydrogen-bond donors (Lipinski definition) is 1. The highest BCUT2D eigenvalue weighted by molar-refractivity contribution is 8.01. The van der Waals surface area contributed by atoms with Gasteiger partial charge < -0.3 is 5.73 Å². The molecule has 40 heavy (non-hydrogen) atoms. The first-order chi connectivity index (χ1) is 19.1. The lowest BCUT2D eigenvalue weighted by Crippen LogP contribution is -2.42. The van der Waals surface area contributed by atoms with Crippen LogP contribution in [0.3, 0.4) is 0 Å². The predicted octanol–water partition coefficient (Wildman–Crippen LogP) is 6.58. The second kappa shape index (κ2) is 11.0. The lowest BCUT2D eigenvalue weighted by molar-refractivity contribution is -0.118. The number of rotatable bonds is 7. The van der Waals surface area contributed by atoms with Crippen molar-refractivity contribution in [2.24, 2.45) is 11.1 Å². The third-order valence-corrected chi connectivity index (χ3v) is 9.37. The number of Topliss-reactive ketones (excluding diaryl/α,β-unsaturated/α-hetero) is 2. The van der Waals surface area contributed by atoms with Crippen molar-refractivity contribution in [3.8, 4) is 6.07 Å². The number of carbonyl (C=O) groups is 2. The number of nitrogens with two attached hydrogens (primary N) is 1. The maximum Gasteiger partial charge on any atom is 0.219 e. The van der Waals surface area contributed by atoms with Gasteiger partial charge in [0.15, 0.2) is 15.9 Å². The van der Waals surface area contributed by atoms with Gasteiger partial charge in [-0.15, -0.1) is 10.2 Å². The van der Waals surface area contributed by atoms with Crippen molar-refractivity contribution in [1.82, 2.24) is 10.2 Å². The van der Waals surface area contributed by atoms with Crippen LogP contribution in [0.1, 0.15) is 73.9 Å². The molecule has 3 aromatic rings. The van der Waals surface area contributed by atoms with Crippen LogP contribution in [0.2, 0.25) is 0 Å². The first kappa shape index (κ1) is 27.8. The number of benzene rings is 2. The Kier molecular flexibility index (Phi) is 7.67. The summed E-state index contributed by atoms with van der Waals surface area (Å²) in [5.74, 6) is 0.334. The predicted molar refractivity (Wildman–Crippen MR) is 159 cm³/mol. The van der Waals surface area contributed by atoms with Crippen LogP contribution in [-0.4, -0.2) is 27.5 Å². The van der Waals surface area contributed by atoms with Gasteiger partial charge in [0.1, 0.15) is 5.82 Å². The average molecular weight is 570 g/mol. The molecule has 5 rings (SSSR count). The van der Waals surface area contributed by atoms with E-state index >= 15 is 0 Å². The fraction of sp³-hybridized carbons (Fsp3) is 0.323. The summed E-state index contributed by atoms with van der Waals surface area (Å²) in [7, 11) is 0. The average Bonchev–Trinajstić information content (AvgIpc) is 3.39. The van der Waals surface area contributed by atoms with E-state index in [0.717, 1.165) is 11.3 Å². The normalized spacial score (nSPS) is 18.6. The van der Waals surface area contributed by atoms with Crippen LogP contribution in [0.25, 0.3) is 0 Å². The van der Waals surface area contributed by atoms with Crippen molar-refractivity contribution in [2.75, 3.05) is 10.7 Å². The number of carbonyl (C=O) groups excluding carboxylic acids is 2. The van der Waals surface area contributed by atoms with E-state index < -0.39 is 5.92 Å². The fourth-order valence-electron chi connectivity index (χ4n) is 5.32. The Balaban J connectivity index is 1.53. The fourth-order valence-corrected chi connectivity index (χ4v) is 7.10. The maximum absolute atomic E-state index is 13.7. The van der Waals surface area contributed by atoms with Gasteiger partial charge in [-0.1, -0.05) is 105 Å². The van der Waals surface area contributed by atoms with Crippen molar-refractivity contribution < 1.29 is 9.59 Å². The molecule has 1 unspecified atom stereocenters. The first-order valence-corrected chi connectivity index (χ1v) is 15.0. The van der Waals surface area contributed by atoms with E-state index in [1.165, 1.54) is 28.7 Å². The topological polar surface area (TPSA) is 113 Å². The van der Waals surface area contributed by atoms with E-state index in [1.807, 2.05) is 30.3 Å². The molecule has 204 valence electrons. The van der Waals surface area contributed by atoms with E-state index in [-0.39, 0.29) is 28.6 Å². The highest BCUT2D eigenvalue weighted by Gasteiger charge is 2.45. The van der Waals surface area contributed by atoms with Crippen molar-refractivity contribution in [3.05, 3.63) is 94.0 Å². The summed E-state index contributed by atoms with van der Waals surface area (Å²) >= 11 is 2.61. The summed E-state index contributed by atoms with van der Waals surface area (Å²) < 4.78 is 0.612. The standard InChI is InChI=1S/C31H31N5O2S2/c1-18(2)19-10-12-21(13-11-19)26-22(16-32)28(33)36(23-14-31(3,4)15-24(37)27(23)26)29-34-35-30(40-29)39-17-25(38)20-8-6-5-7-9-20/h5-13,18,26H,14-15,17,33H2,1-4H3. The number of hydrogen-bond acceptors (Lipinski definition) is 9. The van der Waals surface area contributed by atoms with Crippen LogP contribution in [-0.2, 0) is 4.79 Å². The Labute approximate surface area is 242 Å². The minimum atomic E-state index is -0.536. The number of ketones is 2. The van der Waals surface area contributed by atoms with Crippen LogP contribution in [0.15, 0.2) is 81.6 Å². The summed E-state index contributed by atoms with van der Waals surface area (Å²) in [6, 6.07) is 19.6. The molecule has 0 bridgehead atoms. The summed E-state index contributed by atoms with van der Waals surface area (Å²) in [6.07, 6.45) is 0.986. The number of nitrogens with zero attached hydrogens (tertiary/aromatic N) is 4. The van der Waals surface area contributed by atoms with Crippen LogP contribution in [0.4, 0.5) is 5.13 Å². The first-order valence-electron chi connectivity index (χ1n) is 13.2. The molecule has 0 saturated carbocycles. The highest BCUT2D eigenvalue weighted by atomic mass is 32.2. The maximum atomic E-state index is 13.7. The Morgan fingerprint density at radius 3 is 2.50 bits per heavy atom. The molecule has 0 fully saturated rings. The molecule has 1 aliphatic heterocycles. The zero-order valence-electron chi connectivity index (χ0n) is 23.0. The molecule has 1 atom stereocenters. The van der Waals surface area contributed by atoms with Crippen LogP contribution in [0.5, 0.6) is 0 Å². The molecule has 9 heteroatoms. The summed E-state index contributed by atoms with van der Waals surface area (Å²) in [5.41, 5.74) is 10.9. The van der Waals surface area contributed by atoms with Crippen LogP contribution in [0, 0.1) is 16.7 Å². The second-order valence-electron chi connectivity index (χ2n) is 11.2. The number of thioether (sulfide) groups is 1. The zero-order valence-corrected chi connectivity index (χ0v) is 24.6. The van der Waals surface area contributed by atoms with E-state index in [9.17, 15) is 14.9 Å². The van der Waals surface area contributed by atoms with Gasteiger partial charge >= 0.3 is 0 Å². The van der Waals surface area contributed by atoms with Gasteiger partial charge in [-0.25, -0.2) is 0 Å². The molecule has 7 nitrogen and oxygen atoms in total. The Morgan fingerprint density at radius 1 is 1.15 bits per heavy atom. The molecule has 2 aromatic carbocycles. The third kappa shape index (κ3) is 5.34. The molecular weight excluding hydrogens is 539 g/mol. The highest BCUT2D eigenvalue weighted by Crippen LogP contribution is 2.50. The Bertz CT molecular complexity index is 1560. The summed E-state index contributed by atoms with van der Waals surface area (Å²) in [6.45, 7) is 8.39. The van der Waals surface area contributed by atoms with Gasteiger partial charge in [-0.2, -0.15) is 5.26 Å². The van der Waals surface area contributed by atoms with Gasteiger partial charge in [-0.05, 0) is 28.9 Å². The van der Waals surface area contributed by atoms with E-state index in [0.29, 0.717) is 44.9 Å². The van der Waals surface area contributed by atoms with Gasteiger partial charge in [-0.3, -0.25) is 14.5 Å². The van der Waals surface area contributed by atoms with Crippen molar-refractivity contribution >= 4 is 39.8 Å². The Morgan fingerprint density at radius 2 is 1.85 bits per heavy atom. The van der Waals surface area contributed by atoms with Gasteiger partial charge in [0.25, 0.3) is 0 Å². The van der Waals surface area contributed by atoms with Crippen molar-refractivity contribution in [1.29, 1.82) is 5.26 Å². The number of nitriles is 1. The molecule has 2 N–H and O–H groups in total. The lowest BCUT2D eigenvalue weighted by Gasteiger charge is -2.42. The van der Waals surface area contributed by atoms with Crippen LogP contribution >= 0.6 is 23.1 Å². The third-order valence-electron chi connectivity index (χ3n) is 7.33. The molecule has 1 aromatic heterocycles. The number of aromatic nitrogens is 2. The monoisotopic (exact) mass is 569 g/mol. The second-order valence-corrected chi connectivity index (χ2v) is 13.4. The van der Waals surface area contributed by atoms with Gasteiger partial charge in [0.05, 0.1) is 23.3 Å². The quantitative estimate of drug-likeness (QED) is 0.251. The summed E-state index contributed by atoms with van der Waals surface area (Å²) in [4.78, 5) is 28.1. The van der Waals surface area contributed by atoms with Crippen molar-refractivity contribution in [2.45, 2.75) is 56.7 Å². The number of allylic oxidation sites excluding steroid dienone is 3. The summed E-state index contributed by atoms with van der Waals surface area (Å²) in [5, 5.41) is 19.5. The zero-order chi connectivity index (χ0) is 28.6. The van der Waals surface area contributed by atoms with Gasteiger partial charge in [0, 0.05) is 23.3 Å². The number of anilines is 1. The van der Waals surface area contributed by atoms with E-state index in [4.69, 9.17) is 5.73 Å². The smallest absolute Gasteiger partial charge is 0.219 e. The SMILES string of the molecule is CC(C)c1ccc(C2C(C#N)=C(N)N(c3nnc(SCC(=O)c4ccccc4)s3)C3=C2C(=O)CC(C)(C)C3)cc1. The molecule has 1 aliphatic carbocycles. The van der Waals surface area contributed by atoms with Gasteiger partial charge in [0.2, 0.25) is 5.13 Å². The molecule has 2 heterocycles. The van der Waals surface area contributed by atoms with E-state index in [2.05, 4.69) is 56.1 Å². The van der Waals surface area contributed by atoms with Crippen molar-refractivity contribution in [3.63, 3.8) is 0 Å². The molecular formula is C31H31N5O2S2. The molecule has 0 saturated heterocycles. The lowest BCUT2D eigenvalue weighted by atomic mass is 9.68. The minimum absolute atomic E-state index is 0.00227.